The molecule has 1 aromatic heterocycles. The standard InChI is InChI=1S/C17H12Cl2F2N4S/c18-13-2-1-3-14(19)12(13)9-25-8-11(7-22-25)23-17(26)24-16-5-4-10(20)6-15(16)21/h1-8H,9H2,(H2,23,24,26). The predicted molar refractivity (Wildman–Crippen MR) is 104 cm³/mol. The zero-order valence-corrected chi connectivity index (χ0v) is 15.5. The number of benzene rings is 2. The molecule has 4 nitrogen and oxygen atoms in total. The first-order valence-electron chi connectivity index (χ1n) is 7.41. The van der Waals surface area contributed by atoms with E-state index in [2.05, 4.69) is 15.7 Å². The van der Waals surface area contributed by atoms with Gasteiger partial charge in [0.25, 0.3) is 0 Å². The van der Waals surface area contributed by atoms with Crippen molar-refractivity contribution in [2.24, 2.45) is 0 Å². The third-order valence-corrected chi connectivity index (χ3v) is 4.36. The van der Waals surface area contributed by atoms with Gasteiger partial charge in [0.2, 0.25) is 0 Å². The van der Waals surface area contributed by atoms with Gasteiger partial charge in [-0.2, -0.15) is 5.10 Å². The molecule has 2 N–H and O–H groups in total. The Morgan fingerprint density at radius 2 is 1.85 bits per heavy atom. The molecule has 3 aromatic rings. The zero-order chi connectivity index (χ0) is 18.7. The molecule has 3 rings (SSSR count). The van der Waals surface area contributed by atoms with Crippen LogP contribution < -0.4 is 10.6 Å². The van der Waals surface area contributed by atoms with Crippen LogP contribution in [0.5, 0.6) is 0 Å². The fourth-order valence-corrected chi connectivity index (χ4v) is 2.98. The zero-order valence-electron chi connectivity index (χ0n) is 13.1. The molecule has 0 spiro atoms. The van der Waals surface area contributed by atoms with E-state index < -0.39 is 11.6 Å². The summed E-state index contributed by atoms with van der Waals surface area (Å²) in [6.45, 7) is 0.382. The molecule has 0 unspecified atom stereocenters. The normalized spacial score (nSPS) is 10.6. The highest BCUT2D eigenvalue weighted by atomic mass is 35.5. The summed E-state index contributed by atoms with van der Waals surface area (Å²) in [5.41, 5.74) is 1.41. The first kappa shape index (κ1) is 18.6. The lowest BCUT2D eigenvalue weighted by molar-refractivity contribution is 0.586. The molecule has 0 aliphatic rings. The Kier molecular flexibility index (Phi) is 5.70. The van der Waals surface area contributed by atoms with Crippen LogP contribution in [0, 0.1) is 11.6 Å². The minimum absolute atomic E-state index is 0.0686. The molecule has 0 aliphatic heterocycles. The maximum Gasteiger partial charge on any atom is 0.175 e. The van der Waals surface area contributed by atoms with Crippen molar-refractivity contribution in [3.63, 3.8) is 0 Å². The van der Waals surface area contributed by atoms with Crippen LogP contribution >= 0.6 is 35.4 Å². The maximum absolute atomic E-state index is 13.6. The highest BCUT2D eigenvalue weighted by Gasteiger charge is 2.09. The summed E-state index contributed by atoms with van der Waals surface area (Å²) in [6.07, 6.45) is 3.26. The lowest BCUT2D eigenvalue weighted by Gasteiger charge is -2.10. The Hall–Kier alpha value is -2.22. The van der Waals surface area contributed by atoms with Crippen molar-refractivity contribution in [1.82, 2.24) is 9.78 Å². The highest BCUT2D eigenvalue weighted by Crippen LogP contribution is 2.25. The molecular weight excluding hydrogens is 401 g/mol. The fraction of sp³-hybridized carbons (Fsp3) is 0.0588. The molecule has 0 saturated heterocycles. The second kappa shape index (κ2) is 7.99. The topological polar surface area (TPSA) is 41.9 Å². The molecule has 26 heavy (non-hydrogen) atoms. The van der Waals surface area contributed by atoms with Gasteiger partial charge in [-0.1, -0.05) is 29.3 Å². The molecule has 9 heteroatoms. The quantitative estimate of drug-likeness (QED) is 0.568. The third-order valence-electron chi connectivity index (χ3n) is 3.45. The van der Waals surface area contributed by atoms with Gasteiger partial charge < -0.3 is 10.6 Å². The minimum Gasteiger partial charge on any atom is -0.330 e. The minimum atomic E-state index is -0.738. The van der Waals surface area contributed by atoms with Gasteiger partial charge in [-0.15, -0.1) is 0 Å². The average molecular weight is 413 g/mol. The number of hydrogen-bond acceptors (Lipinski definition) is 2. The Labute approximate surface area is 163 Å². The Morgan fingerprint density at radius 1 is 1.12 bits per heavy atom. The van der Waals surface area contributed by atoms with E-state index in [9.17, 15) is 8.78 Å². The van der Waals surface area contributed by atoms with E-state index in [1.807, 2.05) is 0 Å². The lowest BCUT2D eigenvalue weighted by atomic mass is 10.2. The Balaban J connectivity index is 1.65. The van der Waals surface area contributed by atoms with Crippen LogP contribution in [0.25, 0.3) is 0 Å². The van der Waals surface area contributed by atoms with Crippen LogP contribution in [0.4, 0.5) is 20.2 Å². The number of rotatable bonds is 4. The summed E-state index contributed by atoms with van der Waals surface area (Å²) in [6, 6.07) is 8.45. The van der Waals surface area contributed by atoms with E-state index in [0.717, 1.165) is 17.7 Å². The van der Waals surface area contributed by atoms with Crippen molar-refractivity contribution >= 4 is 51.9 Å². The predicted octanol–water partition coefficient (Wildman–Crippen LogP) is 5.33. The molecule has 0 saturated carbocycles. The summed E-state index contributed by atoms with van der Waals surface area (Å²) >= 11 is 17.4. The second-order valence-electron chi connectivity index (χ2n) is 5.33. The molecule has 1 heterocycles. The molecule has 0 fully saturated rings. The maximum atomic E-state index is 13.6. The molecule has 0 radical (unpaired) electrons. The Morgan fingerprint density at radius 3 is 2.54 bits per heavy atom. The molecule has 0 aliphatic carbocycles. The first-order chi connectivity index (χ1) is 12.4. The monoisotopic (exact) mass is 412 g/mol. The molecule has 0 atom stereocenters. The number of aromatic nitrogens is 2. The van der Waals surface area contributed by atoms with Crippen LogP contribution in [0.3, 0.4) is 0 Å². The van der Waals surface area contributed by atoms with Crippen molar-refractivity contribution in [2.45, 2.75) is 6.54 Å². The summed E-state index contributed by atoms with van der Waals surface area (Å²) in [5.74, 6) is -1.40. The second-order valence-corrected chi connectivity index (χ2v) is 6.55. The first-order valence-corrected chi connectivity index (χ1v) is 8.57. The van der Waals surface area contributed by atoms with Crippen molar-refractivity contribution < 1.29 is 8.78 Å². The third kappa shape index (κ3) is 4.49. The van der Waals surface area contributed by atoms with E-state index in [-0.39, 0.29) is 10.8 Å². The lowest BCUT2D eigenvalue weighted by Crippen LogP contribution is -2.19. The SMILES string of the molecule is Fc1ccc(NC(=S)Nc2cnn(Cc3c(Cl)cccc3Cl)c2)c(F)c1. The Bertz CT molecular complexity index is 941. The number of nitrogens with one attached hydrogen (secondary N) is 2. The summed E-state index contributed by atoms with van der Waals surface area (Å²) in [4.78, 5) is 0. The molecule has 134 valence electrons. The largest absolute Gasteiger partial charge is 0.330 e. The van der Waals surface area contributed by atoms with E-state index in [1.165, 1.54) is 6.07 Å². The summed E-state index contributed by atoms with van der Waals surface area (Å²) in [7, 11) is 0. The van der Waals surface area contributed by atoms with E-state index >= 15 is 0 Å². The van der Waals surface area contributed by atoms with Crippen molar-refractivity contribution in [2.75, 3.05) is 10.6 Å². The molecule has 2 aromatic carbocycles. The number of nitrogens with zero attached hydrogens (tertiary/aromatic N) is 2. The fourth-order valence-electron chi connectivity index (χ4n) is 2.24. The van der Waals surface area contributed by atoms with Crippen LogP contribution in [-0.4, -0.2) is 14.9 Å². The van der Waals surface area contributed by atoms with Crippen LogP contribution in [0.2, 0.25) is 10.0 Å². The van der Waals surface area contributed by atoms with Crippen molar-refractivity contribution in [3.05, 3.63) is 76.0 Å². The van der Waals surface area contributed by atoms with Gasteiger partial charge in [-0.3, -0.25) is 4.68 Å². The summed E-state index contributed by atoms with van der Waals surface area (Å²) < 4.78 is 28.2. The number of thiocarbonyl (C=S) groups is 1. The van der Waals surface area contributed by atoms with Gasteiger partial charge in [-0.05, 0) is 36.5 Å². The van der Waals surface area contributed by atoms with E-state index in [1.54, 1.807) is 35.3 Å². The molecular formula is C17H12Cl2F2N4S. The van der Waals surface area contributed by atoms with Gasteiger partial charge in [0.15, 0.2) is 5.11 Å². The van der Waals surface area contributed by atoms with Crippen LogP contribution in [-0.2, 0) is 6.54 Å². The van der Waals surface area contributed by atoms with E-state index in [0.29, 0.717) is 22.3 Å². The van der Waals surface area contributed by atoms with Gasteiger partial charge >= 0.3 is 0 Å². The van der Waals surface area contributed by atoms with Crippen molar-refractivity contribution in [3.8, 4) is 0 Å². The highest BCUT2D eigenvalue weighted by molar-refractivity contribution is 7.80. The van der Waals surface area contributed by atoms with Crippen molar-refractivity contribution in [1.29, 1.82) is 0 Å². The molecule has 0 amide bonds. The number of hydrogen-bond donors (Lipinski definition) is 2. The van der Waals surface area contributed by atoms with Gasteiger partial charge in [-0.25, -0.2) is 8.78 Å². The van der Waals surface area contributed by atoms with E-state index in [4.69, 9.17) is 35.4 Å². The smallest absolute Gasteiger partial charge is 0.175 e. The van der Waals surface area contributed by atoms with Gasteiger partial charge in [0.1, 0.15) is 11.6 Å². The van der Waals surface area contributed by atoms with Crippen LogP contribution in [0.1, 0.15) is 5.56 Å². The van der Waals surface area contributed by atoms with Crippen LogP contribution in [0.15, 0.2) is 48.8 Å². The number of anilines is 2. The van der Waals surface area contributed by atoms with Gasteiger partial charge in [0, 0.05) is 27.9 Å². The summed E-state index contributed by atoms with van der Waals surface area (Å²) in [5, 5.41) is 11.0. The van der Waals surface area contributed by atoms with Gasteiger partial charge in [0.05, 0.1) is 24.1 Å². The molecule has 0 bridgehead atoms. The average Bonchev–Trinajstić information content (AvgIpc) is 3.01. The number of halogens is 4.